The highest BCUT2D eigenvalue weighted by molar-refractivity contribution is 5.90. The summed E-state index contributed by atoms with van der Waals surface area (Å²) >= 11 is 0. The number of hydrogen-bond donors (Lipinski definition) is 0. The molecule has 0 aromatic carbocycles. The Labute approximate surface area is 98.4 Å². The van der Waals surface area contributed by atoms with Crippen molar-refractivity contribution in [2.75, 3.05) is 20.2 Å². The van der Waals surface area contributed by atoms with E-state index >= 15 is 0 Å². The SMILES string of the molecule is C=C1C[C@H]([C@H]2OCO[C@@H]3COCO[C@H]23)OC1=O. The van der Waals surface area contributed by atoms with Crippen molar-refractivity contribution in [2.45, 2.75) is 30.8 Å². The number of carbonyl (C=O) groups excluding carboxylic acids is 1. The molecule has 0 unspecified atom stereocenters. The van der Waals surface area contributed by atoms with Crippen LogP contribution in [0.2, 0.25) is 0 Å². The van der Waals surface area contributed by atoms with Gasteiger partial charge in [0, 0.05) is 12.0 Å². The van der Waals surface area contributed by atoms with E-state index in [1.807, 2.05) is 0 Å². The molecule has 3 fully saturated rings. The Morgan fingerprint density at radius 2 is 1.82 bits per heavy atom. The molecule has 17 heavy (non-hydrogen) atoms. The quantitative estimate of drug-likeness (QED) is 0.475. The van der Waals surface area contributed by atoms with Gasteiger partial charge >= 0.3 is 5.97 Å². The van der Waals surface area contributed by atoms with Gasteiger partial charge in [-0.3, -0.25) is 0 Å². The molecule has 0 amide bonds. The lowest BCUT2D eigenvalue weighted by molar-refractivity contribution is -0.312. The van der Waals surface area contributed by atoms with E-state index in [1.165, 1.54) is 0 Å². The molecule has 0 N–H and O–H groups in total. The van der Waals surface area contributed by atoms with Gasteiger partial charge in [0.05, 0.1) is 6.61 Å². The van der Waals surface area contributed by atoms with Crippen molar-refractivity contribution in [2.24, 2.45) is 0 Å². The summed E-state index contributed by atoms with van der Waals surface area (Å²) in [7, 11) is 0. The molecule has 3 aliphatic rings. The molecule has 3 saturated heterocycles. The molecule has 3 rings (SSSR count). The second-order valence-electron chi connectivity index (χ2n) is 4.33. The van der Waals surface area contributed by atoms with Crippen LogP contribution in [0, 0.1) is 0 Å². The number of ether oxygens (including phenoxy) is 5. The van der Waals surface area contributed by atoms with Crippen LogP contribution in [0.3, 0.4) is 0 Å². The molecule has 0 aromatic heterocycles. The second kappa shape index (κ2) is 4.38. The third-order valence-electron chi connectivity index (χ3n) is 3.22. The Morgan fingerprint density at radius 3 is 2.59 bits per heavy atom. The Kier molecular flexibility index (Phi) is 2.87. The fourth-order valence-corrected chi connectivity index (χ4v) is 2.33. The van der Waals surface area contributed by atoms with Gasteiger partial charge in [0.15, 0.2) is 0 Å². The fourth-order valence-electron chi connectivity index (χ4n) is 2.33. The van der Waals surface area contributed by atoms with Gasteiger partial charge in [0.2, 0.25) is 0 Å². The third kappa shape index (κ3) is 1.97. The zero-order chi connectivity index (χ0) is 11.8. The number of cyclic esters (lactones) is 1. The van der Waals surface area contributed by atoms with E-state index in [-0.39, 0.29) is 44.0 Å². The molecule has 3 heterocycles. The van der Waals surface area contributed by atoms with E-state index < -0.39 is 0 Å². The van der Waals surface area contributed by atoms with Gasteiger partial charge in [-0.2, -0.15) is 0 Å². The van der Waals surface area contributed by atoms with E-state index in [0.717, 1.165) is 0 Å². The summed E-state index contributed by atoms with van der Waals surface area (Å²) in [5, 5.41) is 0. The number of esters is 1. The summed E-state index contributed by atoms with van der Waals surface area (Å²) in [5.74, 6) is -0.353. The maximum atomic E-state index is 11.3. The van der Waals surface area contributed by atoms with Gasteiger partial charge in [-0.1, -0.05) is 6.58 Å². The van der Waals surface area contributed by atoms with E-state index in [4.69, 9.17) is 23.7 Å². The summed E-state index contributed by atoms with van der Waals surface area (Å²) in [6.45, 7) is 4.52. The van der Waals surface area contributed by atoms with Crippen LogP contribution in [-0.4, -0.2) is 50.6 Å². The van der Waals surface area contributed by atoms with Crippen molar-refractivity contribution in [3.8, 4) is 0 Å². The zero-order valence-corrected chi connectivity index (χ0v) is 9.29. The molecule has 0 aromatic rings. The highest BCUT2D eigenvalue weighted by atomic mass is 16.8. The van der Waals surface area contributed by atoms with Crippen LogP contribution in [-0.2, 0) is 28.5 Å². The van der Waals surface area contributed by atoms with Crippen LogP contribution in [0.15, 0.2) is 12.2 Å². The zero-order valence-electron chi connectivity index (χ0n) is 9.29. The highest BCUT2D eigenvalue weighted by Gasteiger charge is 2.46. The molecule has 6 heteroatoms. The maximum Gasteiger partial charge on any atom is 0.333 e. The minimum atomic E-state index is -0.353. The minimum Gasteiger partial charge on any atom is -0.456 e. The lowest BCUT2D eigenvalue weighted by Crippen LogP contribution is -2.56. The summed E-state index contributed by atoms with van der Waals surface area (Å²) in [6.07, 6.45) is -0.557. The second-order valence-corrected chi connectivity index (χ2v) is 4.33. The minimum absolute atomic E-state index is 0.157. The lowest BCUT2D eigenvalue weighted by atomic mass is 9.98. The van der Waals surface area contributed by atoms with Crippen molar-refractivity contribution < 1.29 is 28.5 Å². The Hall–Kier alpha value is -0.950. The van der Waals surface area contributed by atoms with Gasteiger partial charge in [0.25, 0.3) is 0 Å². The molecular weight excluding hydrogens is 228 g/mol. The lowest BCUT2D eigenvalue weighted by Gasteiger charge is -2.41. The van der Waals surface area contributed by atoms with Gasteiger partial charge in [-0.25, -0.2) is 4.79 Å². The van der Waals surface area contributed by atoms with Crippen LogP contribution < -0.4 is 0 Å². The van der Waals surface area contributed by atoms with Crippen LogP contribution in [0.25, 0.3) is 0 Å². The topological polar surface area (TPSA) is 63.2 Å². The van der Waals surface area contributed by atoms with E-state index in [0.29, 0.717) is 18.6 Å². The number of fused-ring (bicyclic) bond motifs is 1. The molecule has 94 valence electrons. The summed E-state index contributed by atoms with van der Waals surface area (Å²) in [4.78, 5) is 11.3. The monoisotopic (exact) mass is 242 g/mol. The van der Waals surface area contributed by atoms with Gasteiger partial charge < -0.3 is 23.7 Å². The molecule has 6 nitrogen and oxygen atoms in total. The van der Waals surface area contributed by atoms with Crippen molar-refractivity contribution in [3.63, 3.8) is 0 Å². The average molecular weight is 242 g/mol. The average Bonchev–Trinajstić information content (AvgIpc) is 2.69. The summed E-state index contributed by atoms with van der Waals surface area (Å²) < 4.78 is 26.8. The van der Waals surface area contributed by atoms with Gasteiger partial charge in [-0.05, 0) is 0 Å². The summed E-state index contributed by atoms with van der Waals surface area (Å²) in [6, 6.07) is 0. The van der Waals surface area contributed by atoms with Crippen LogP contribution >= 0.6 is 0 Å². The fraction of sp³-hybridized carbons (Fsp3) is 0.727. The van der Waals surface area contributed by atoms with Crippen molar-refractivity contribution in [1.82, 2.24) is 0 Å². The van der Waals surface area contributed by atoms with Crippen LogP contribution in [0.1, 0.15) is 6.42 Å². The normalized spacial score (nSPS) is 42.1. The highest BCUT2D eigenvalue weighted by Crippen LogP contribution is 2.30. The van der Waals surface area contributed by atoms with Crippen molar-refractivity contribution >= 4 is 5.97 Å². The molecule has 0 spiro atoms. The van der Waals surface area contributed by atoms with E-state index in [9.17, 15) is 4.79 Å². The first-order valence-electron chi connectivity index (χ1n) is 5.57. The largest absolute Gasteiger partial charge is 0.456 e. The van der Waals surface area contributed by atoms with Gasteiger partial charge in [-0.15, -0.1) is 0 Å². The van der Waals surface area contributed by atoms with E-state index in [2.05, 4.69) is 6.58 Å². The molecule has 0 radical (unpaired) electrons. The summed E-state index contributed by atoms with van der Waals surface area (Å²) in [5.41, 5.74) is 0.480. The Balaban J connectivity index is 1.73. The molecular formula is C11H14O6. The Morgan fingerprint density at radius 1 is 1.06 bits per heavy atom. The predicted octanol–water partition coefficient (Wildman–Crippen LogP) is -0.0275. The third-order valence-corrected chi connectivity index (χ3v) is 3.22. The Bertz CT molecular complexity index is 323. The standard InChI is InChI=1S/C11H14O6/c1-6-2-7(17-11(6)12)9-10-8(14-5-16-9)3-13-4-15-10/h7-10H,1-5H2/t7-,8-,9-,10+/m1/s1. The molecule has 4 atom stereocenters. The van der Waals surface area contributed by atoms with Crippen molar-refractivity contribution in [1.29, 1.82) is 0 Å². The van der Waals surface area contributed by atoms with Crippen LogP contribution in [0.4, 0.5) is 0 Å². The molecule has 0 aliphatic carbocycles. The molecule has 3 aliphatic heterocycles. The number of rotatable bonds is 1. The first-order chi connectivity index (χ1) is 8.25. The van der Waals surface area contributed by atoms with Gasteiger partial charge in [0.1, 0.15) is 38.0 Å². The first kappa shape index (κ1) is 11.2. The van der Waals surface area contributed by atoms with E-state index in [1.54, 1.807) is 0 Å². The smallest absolute Gasteiger partial charge is 0.333 e. The maximum absolute atomic E-state index is 11.3. The number of carbonyl (C=O) groups is 1. The molecule has 0 bridgehead atoms. The number of hydrogen-bond acceptors (Lipinski definition) is 6. The predicted molar refractivity (Wildman–Crippen MR) is 53.9 cm³/mol. The first-order valence-corrected chi connectivity index (χ1v) is 5.57. The van der Waals surface area contributed by atoms with Crippen LogP contribution in [0.5, 0.6) is 0 Å². The molecule has 0 saturated carbocycles. The van der Waals surface area contributed by atoms with Crippen molar-refractivity contribution in [3.05, 3.63) is 12.2 Å².